The minimum absolute atomic E-state index is 0.0500. The third kappa shape index (κ3) is 2.69. The Balaban J connectivity index is 2.88. The van der Waals surface area contributed by atoms with Gasteiger partial charge in [0.1, 0.15) is 6.10 Å². The van der Waals surface area contributed by atoms with Gasteiger partial charge in [-0.1, -0.05) is 25.9 Å². The molecule has 14 heavy (non-hydrogen) atoms. The molecule has 0 aliphatic heterocycles. The van der Waals surface area contributed by atoms with Crippen LogP contribution in [0.15, 0.2) is 4.52 Å². The zero-order chi connectivity index (χ0) is 10.8. The number of hydrogen-bond donors (Lipinski definition) is 0. The summed E-state index contributed by atoms with van der Waals surface area (Å²) in [6, 6.07) is 0. The van der Waals surface area contributed by atoms with Gasteiger partial charge in [0.05, 0.1) is 0 Å². The summed E-state index contributed by atoms with van der Waals surface area (Å²) in [4.78, 5) is 3.96. The topological polar surface area (TPSA) is 48.2 Å². The second kappa shape index (κ2) is 4.28. The van der Waals surface area contributed by atoms with Crippen LogP contribution in [0, 0.1) is 5.41 Å². The van der Waals surface area contributed by atoms with Gasteiger partial charge in [0.15, 0.2) is 0 Å². The number of hydrogen-bond acceptors (Lipinski definition) is 4. The molecule has 0 aliphatic carbocycles. The third-order valence-corrected chi connectivity index (χ3v) is 1.92. The van der Waals surface area contributed by atoms with Gasteiger partial charge in [-0.2, -0.15) is 4.98 Å². The van der Waals surface area contributed by atoms with Gasteiger partial charge in [0.25, 0.3) is 0 Å². The molecular formula is C9H15ClN2O2. The maximum Gasteiger partial charge on any atom is 0.320 e. The Hall–Kier alpha value is -0.610. The standard InChI is InChI=1S/C9H15ClN2O2/c1-5-13-6(9(2,3)4)7-11-8(10)14-12-7/h6H,5H2,1-4H3. The fraction of sp³-hybridized carbons (Fsp3) is 0.778. The van der Waals surface area contributed by atoms with Crippen molar-refractivity contribution < 1.29 is 9.26 Å². The van der Waals surface area contributed by atoms with Crippen molar-refractivity contribution in [3.05, 3.63) is 11.2 Å². The van der Waals surface area contributed by atoms with Crippen molar-refractivity contribution in [2.24, 2.45) is 5.41 Å². The molecule has 0 spiro atoms. The smallest absolute Gasteiger partial charge is 0.320 e. The van der Waals surface area contributed by atoms with Crippen LogP contribution in [0.3, 0.4) is 0 Å². The van der Waals surface area contributed by atoms with E-state index in [1.54, 1.807) is 0 Å². The summed E-state index contributed by atoms with van der Waals surface area (Å²) in [5.74, 6) is 0.504. The molecule has 1 rings (SSSR count). The summed E-state index contributed by atoms with van der Waals surface area (Å²) >= 11 is 5.56. The van der Waals surface area contributed by atoms with Crippen LogP contribution in [-0.2, 0) is 4.74 Å². The van der Waals surface area contributed by atoms with Crippen LogP contribution < -0.4 is 0 Å². The molecule has 0 saturated carbocycles. The van der Waals surface area contributed by atoms with Crippen LogP contribution in [0.2, 0.25) is 5.35 Å². The molecule has 0 bridgehead atoms. The molecule has 1 unspecified atom stereocenters. The zero-order valence-electron chi connectivity index (χ0n) is 8.87. The normalized spacial score (nSPS) is 14.4. The van der Waals surface area contributed by atoms with E-state index in [1.807, 2.05) is 6.92 Å². The van der Waals surface area contributed by atoms with Crippen molar-refractivity contribution in [2.75, 3.05) is 6.61 Å². The number of rotatable bonds is 3. The van der Waals surface area contributed by atoms with E-state index in [4.69, 9.17) is 20.9 Å². The van der Waals surface area contributed by atoms with Gasteiger partial charge in [-0.15, -0.1) is 0 Å². The van der Waals surface area contributed by atoms with Gasteiger partial charge in [0, 0.05) is 6.61 Å². The minimum atomic E-state index is -0.191. The molecule has 0 saturated heterocycles. The average Bonchev–Trinajstić information content (AvgIpc) is 2.45. The highest BCUT2D eigenvalue weighted by Gasteiger charge is 2.30. The average molecular weight is 219 g/mol. The molecule has 0 fully saturated rings. The lowest BCUT2D eigenvalue weighted by Crippen LogP contribution is -2.22. The van der Waals surface area contributed by atoms with Crippen LogP contribution in [0.25, 0.3) is 0 Å². The summed E-state index contributed by atoms with van der Waals surface area (Å²) in [5, 5.41) is 3.81. The van der Waals surface area contributed by atoms with Gasteiger partial charge in [0.2, 0.25) is 5.82 Å². The van der Waals surface area contributed by atoms with Gasteiger partial charge in [-0.3, -0.25) is 0 Å². The maximum atomic E-state index is 5.56. The Morgan fingerprint density at radius 1 is 1.50 bits per heavy atom. The summed E-state index contributed by atoms with van der Waals surface area (Å²) < 4.78 is 10.3. The number of ether oxygens (including phenoxy) is 1. The fourth-order valence-electron chi connectivity index (χ4n) is 1.20. The third-order valence-electron chi connectivity index (χ3n) is 1.77. The molecule has 0 aliphatic rings. The highest BCUT2D eigenvalue weighted by atomic mass is 35.5. The second-order valence-electron chi connectivity index (χ2n) is 4.11. The molecular weight excluding hydrogens is 204 g/mol. The van der Waals surface area contributed by atoms with Crippen molar-refractivity contribution in [1.82, 2.24) is 10.1 Å². The number of halogens is 1. The summed E-state index contributed by atoms with van der Waals surface area (Å²) in [6.07, 6.45) is -0.191. The Morgan fingerprint density at radius 2 is 2.14 bits per heavy atom. The van der Waals surface area contributed by atoms with Crippen molar-refractivity contribution in [1.29, 1.82) is 0 Å². The second-order valence-corrected chi connectivity index (χ2v) is 4.43. The van der Waals surface area contributed by atoms with Gasteiger partial charge in [-0.25, -0.2) is 0 Å². The quantitative estimate of drug-likeness (QED) is 0.783. The van der Waals surface area contributed by atoms with Crippen LogP contribution in [0.4, 0.5) is 0 Å². The van der Waals surface area contributed by atoms with Crippen LogP contribution >= 0.6 is 11.6 Å². The van der Waals surface area contributed by atoms with Crippen molar-refractivity contribution >= 4 is 11.6 Å². The molecule has 1 atom stereocenters. The molecule has 0 amide bonds. The van der Waals surface area contributed by atoms with Gasteiger partial charge >= 0.3 is 5.35 Å². The Labute approximate surface area is 88.6 Å². The van der Waals surface area contributed by atoms with E-state index in [0.29, 0.717) is 12.4 Å². The zero-order valence-corrected chi connectivity index (χ0v) is 9.63. The molecule has 0 radical (unpaired) electrons. The van der Waals surface area contributed by atoms with Crippen molar-refractivity contribution in [2.45, 2.75) is 33.8 Å². The Morgan fingerprint density at radius 3 is 2.50 bits per heavy atom. The van der Waals surface area contributed by atoms with E-state index >= 15 is 0 Å². The first kappa shape index (κ1) is 11.5. The molecule has 1 aromatic rings. The highest BCUT2D eigenvalue weighted by molar-refractivity contribution is 6.27. The number of aromatic nitrogens is 2. The first-order valence-electron chi connectivity index (χ1n) is 4.56. The van der Waals surface area contributed by atoms with Crippen LogP contribution in [0.1, 0.15) is 39.6 Å². The van der Waals surface area contributed by atoms with E-state index in [9.17, 15) is 0 Å². The van der Waals surface area contributed by atoms with Gasteiger partial charge < -0.3 is 9.26 Å². The Kier molecular flexibility index (Phi) is 3.50. The lowest BCUT2D eigenvalue weighted by atomic mass is 9.88. The molecule has 4 nitrogen and oxygen atoms in total. The largest absolute Gasteiger partial charge is 0.370 e. The monoisotopic (exact) mass is 218 g/mol. The molecule has 5 heteroatoms. The molecule has 0 N–H and O–H groups in total. The SMILES string of the molecule is CCOC(c1noc(Cl)n1)C(C)(C)C. The van der Waals surface area contributed by atoms with E-state index in [-0.39, 0.29) is 16.9 Å². The van der Waals surface area contributed by atoms with Crippen LogP contribution in [0.5, 0.6) is 0 Å². The maximum absolute atomic E-state index is 5.56. The van der Waals surface area contributed by atoms with Crippen molar-refractivity contribution in [3.8, 4) is 0 Å². The molecule has 1 aromatic heterocycles. The summed E-state index contributed by atoms with van der Waals surface area (Å²) in [7, 11) is 0. The van der Waals surface area contributed by atoms with E-state index in [1.165, 1.54) is 0 Å². The first-order valence-corrected chi connectivity index (χ1v) is 4.93. The van der Waals surface area contributed by atoms with E-state index < -0.39 is 0 Å². The lowest BCUT2D eigenvalue weighted by Gasteiger charge is -2.27. The summed E-state index contributed by atoms with van der Waals surface area (Å²) in [6.45, 7) is 8.70. The van der Waals surface area contributed by atoms with E-state index in [0.717, 1.165) is 0 Å². The summed E-state index contributed by atoms with van der Waals surface area (Å²) in [5.41, 5.74) is -0.0801. The molecule has 80 valence electrons. The fourth-order valence-corrected chi connectivity index (χ4v) is 1.32. The molecule has 0 aromatic carbocycles. The van der Waals surface area contributed by atoms with E-state index in [2.05, 4.69) is 30.9 Å². The van der Waals surface area contributed by atoms with Gasteiger partial charge in [-0.05, 0) is 23.9 Å². The molecule has 1 heterocycles. The van der Waals surface area contributed by atoms with Crippen LogP contribution in [-0.4, -0.2) is 16.7 Å². The first-order chi connectivity index (χ1) is 6.45. The predicted molar refractivity (Wildman–Crippen MR) is 53.1 cm³/mol. The predicted octanol–water partition coefficient (Wildman–Crippen LogP) is 2.85. The van der Waals surface area contributed by atoms with Crippen molar-refractivity contribution in [3.63, 3.8) is 0 Å². The Bertz CT molecular complexity index is 293. The number of nitrogens with zero attached hydrogens (tertiary/aromatic N) is 2. The minimum Gasteiger partial charge on any atom is -0.370 e. The highest BCUT2D eigenvalue weighted by Crippen LogP contribution is 2.34. The lowest BCUT2D eigenvalue weighted by molar-refractivity contribution is -0.0203.